The van der Waals surface area contributed by atoms with Crippen molar-refractivity contribution >= 4 is 11.8 Å². The normalized spacial score (nSPS) is 21.9. The van der Waals surface area contributed by atoms with Crippen LogP contribution in [0.5, 0.6) is 0 Å². The van der Waals surface area contributed by atoms with E-state index in [0.29, 0.717) is 13.1 Å². The molecule has 4 rings (SSSR count). The van der Waals surface area contributed by atoms with Gasteiger partial charge in [-0.25, -0.2) is 0 Å². The van der Waals surface area contributed by atoms with Gasteiger partial charge in [0, 0.05) is 37.6 Å². The summed E-state index contributed by atoms with van der Waals surface area (Å²) in [5.41, 5.74) is 1.96. The first kappa shape index (κ1) is 17.8. The second-order valence-electron chi connectivity index (χ2n) is 7.80. The molecule has 0 saturated carbocycles. The maximum absolute atomic E-state index is 12.9. The predicted molar refractivity (Wildman–Crippen MR) is 102 cm³/mol. The number of hydrogen-bond donors (Lipinski definition) is 0. The van der Waals surface area contributed by atoms with Gasteiger partial charge in [0.2, 0.25) is 11.8 Å². The van der Waals surface area contributed by atoms with Gasteiger partial charge in [-0.2, -0.15) is 5.10 Å². The number of aromatic nitrogens is 2. The molecule has 2 aliphatic rings. The molecule has 6 nitrogen and oxygen atoms in total. The van der Waals surface area contributed by atoms with Crippen molar-refractivity contribution in [2.45, 2.75) is 44.2 Å². The smallest absolute Gasteiger partial charge is 0.244 e. The molecule has 3 heterocycles. The Hall–Kier alpha value is -2.63. The summed E-state index contributed by atoms with van der Waals surface area (Å²) in [5, 5.41) is 4.20. The SMILES string of the molecule is Cc1ccnn1CC(=O)N1CCC2(CC1)C[C@@H](c1ccccc1)C(=O)N2C. The summed E-state index contributed by atoms with van der Waals surface area (Å²) in [4.78, 5) is 29.4. The largest absolute Gasteiger partial charge is 0.341 e. The fourth-order valence-electron chi connectivity index (χ4n) is 4.52. The molecule has 1 spiro atoms. The van der Waals surface area contributed by atoms with Crippen molar-refractivity contribution in [2.24, 2.45) is 0 Å². The van der Waals surface area contributed by atoms with E-state index in [1.54, 1.807) is 10.9 Å². The van der Waals surface area contributed by atoms with Gasteiger partial charge in [-0.15, -0.1) is 0 Å². The molecule has 1 aromatic heterocycles. The van der Waals surface area contributed by atoms with Crippen molar-refractivity contribution in [1.82, 2.24) is 19.6 Å². The standard InChI is InChI=1S/C21H26N4O2/c1-16-8-11-22-25(16)15-19(26)24-12-9-21(10-13-24)14-18(20(27)23(21)2)17-6-4-3-5-7-17/h3-8,11,18H,9-10,12-15H2,1-2H3/t18-/m0/s1. The Balaban J connectivity index is 1.43. The Morgan fingerprint density at radius 2 is 1.89 bits per heavy atom. The van der Waals surface area contributed by atoms with Crippen molar-refractivity contribution in [3.8, 4) is 0 Å². The second kappa shape index (κ2) is 6.83. The number of piperidine rings is 1. The van der Waals surface area contributed by atoms with E-state index < -0.39 is 0 Å². The monoisotopic (exact) mass is 366 g/mol. The molecule has 0 unspecified atom stereocenters. The van der Waals surface area contributed by atoms with Gasteiger partial charge in [0.05, 0.1) is 5.92 Å². The second-order valence-corrected chi connectivity index (χ2v) is 7.80. The van der Waals surface area contributed by atoms with E-state index in [1.165, 1.54) is 0 Å². The molecule has 1 aromatic carbocycles. The molecule has 0 bridgehead atoms. The maximum Gasteiger partial charge on any atom is 0.244 e. The van der Waals surface area contributed by atoms with Crippen LogP contribution in [-0.2, 0) is 16.1 Å². The molecule has 2 fully saturated rings. The number of likely N-dealkylation sites (N-methyl/N-ethyl adjacent to an activating group) is 1. The summed E-state index contributed by atoms with van der Waals surface area (Å²) >= 11 is 0. The molecule has 142 valence electrons. The number of rotatable bonds is 3. The van der Waals surface area contributed by atoms with Crippen LogP contribution >= 0.6 is 0 Å². The third-order valence-corrected chi connectivity index (χ3v) is 6.39. The number of amides is 2. The number of hydrogen-bond acceptors (Lipinski definition) is 3. The number of carbonyl (C=O) groups excluding carboxylic acids is 2. The summed E-state index contributed by atoms with van der Waals surface area (Å²) in [6, 6.07) is 12.0. The van der Waals surface area contributed by atoms with Gasteiger partial charge < -0.3 is 9.80 Å². The number of nitrogens with zero attached hydrogens (tertiary/aromatic N) is 4. The number of likely N-dealkylation sites (tertiary alicyclic amines) is 2. The molecule has 2 amide bonds. The number of aryl methyl sites for hydroxylation is 1. The fraction of sp³-hybridized carbons (Fsp3) is 0.476. The molecule has 2 aliphatic heterocycles. The molecular weight excluding hydrogens is 340 g/mol. The molecule has 0 aliphatic carbocycles. The Labute approximate surface area is 159 Å². The zero-order valence-corrected chi connectivity index (χ0v) is 16.0. The van der Waals surface area contributed by atoms with Crippen molar-refractivity contribution < 1.29 is 9.59 Å². The molecule has 0 N–H and O–H groups in total. The number of benzene rings is 1. The lowest BCUT2D eigenvalue weighted by atomic mass is 9.81. The maximum atomic E-state index is 12.9. The Morgan fingerprint density at radius 1 is 1.19 bits per heavy atom. The summed E-state index contributed by atoms with van der Waals surface area (Å²) in [6.07, 6.45) is 4.23. The van der Waals surface area contributed by atoms with Gasteiger partial charge in [-0.05, 0) is 37.8 Å². The minimum atomic E-state index is -0.129. The molecule has 0 radical (unpaired) electrons. The van der Waals surface area contributed by atoms with Crippen LogP contribution in [0.2, 0.25) is 0 Å². The minimum Gasteiger partial charge on any atom is -0.341 e. The van der Waals surface area contributed by atoms with Crippen LogP contribution in [-0.4, -0.2) is 57.1 Å². The zero-order chi connectivity index (χ0) is 19.0. The van der Waals surface area contributed by atoms with Gasteiger partial charge in [-0.3, -0.25) is 14.3 Å². The van der Waals surface area contributed by atoms with E-state index in [9.17, 15) is 9.59 Å². The third kappa shape index (κ3) is 3.13. The van der Waals surface area contributed by atoms with Crippen LogP contribution in [0.25, 0.3) is 0 Å². The first-order valence-electron chi connectivity index (χ1n) is 9.59. The summed E-state index contributed by atoms with van der Waals surface area (Å²) in [7, 11) is 1.93. The van der Waals surface area contributed by atoms with Crippen LogP contribution in [0.15, 0.2) is 42.6 Å². The van der Waals surface area contributed by atoms with E-state index in [0.717, 1.165) is 30.5 Å². The van der Waals surface area contributed by atoms with Gasteiger partial charge in [-0.1, -0.05) is 30.3 Å². The molecule has 2 aromatic rings. The first-order valence-corrected chi connectivity index (χ1v) is 9.59. The van der Waals surface area contributed by atoms with Gasteiger partial charge in [0.1, 0.15) is 6.54 Å². The highest BCUT2D eigenvalue weighted by atomic mass is 16.2. The molecular formula is C21H26N4O2. The average Bonchev–Trinajstić information content (AvgIpc) is 3.20. The van der Waals surface area contributed by atoms with E-state index in [2.05, 4.69) is 5.10 Å². The van der Waals surface area contributed by atoms with Crippen LogP contribution in [0.1, 0.15) is 36.4 Å². The topological polar surface area (TPSA) is 58.4 Å². The van der Waals surface area contributed by atoms with Gasteiger partial charge >= 0.3 is 0 Å². The summed E-state index contributed by atoms with van der Waals surface area (Å²) < 4.78 is 1.74. The van der Waals surface area contributed by atoms with Crippen LogP contribution in [0.3, 0.4) is 0 Å². The van der Waals surface area contributed by atoms with Crippen LogP contribution < -0.4 is 0 Å². The molecule has 6 heteroatoms. The lowest BCUT2D eigenvalue weighted by Gasteiger charge is -2.43. The predicted octanol–water partition coefficient (Wildman–Crippen LogP) is 2.20. The highest BCUT2D eigenvalue weighted by Gasteiger charge is 2.50. The summed E-state index contributed by atoms with van der Waals surface area (Å²) in [6.45, 7) is 3.62. The van der Waals surface area contributed by atoms with E-state index in [4.69, 9.17) is 0 Å². The van der Waals surface area contributed by atoms with E-state index in [-0.39, 0.29) is 29.8 Å². The Bertz CT molecular complexity index is 837. The van der Waals surface area contributed by atoms with Crippen molar-refractivity contribution in [1.29, 1.82) is 0 Å². The first-order chi connectivity index (χ1) is 13.0. The minimum absolute atomic E-state index is 0.0647. The van der Waals surface area contributed by atoms with Crippen LogP contribution in [0.4, 0.5) is 0 Å². The van der Waals surface area contributed by atoms with Crippen molar-refractivity contribution in [3.63, 3.8) is 0 Å². The molecule has 27 heavy (non-hydrogen) atoms. The highest BCUT2D eigenvalue weighted by molar-refractivity contribution is 5.87. The Morgan fingerprint density at radius 3 is 2.52 bits per heavy atom. The van der Waals surface area contributed by atoms with E-state index >= 15 is 0 Å². The Kier molecular flexibility index (Phi) is 4.50. The lowest BCUT2D eigenvalue weighted by molar-refractivity contribution is -0.136. The average molecular weight is 366 g/mol. The third-order valence-electron chi connectivity index (χ3n) is 6.39. The van der Waals surface area contributed by atoms with Crippen LogP contribution in [0, 0.1) is 6.92 Å². The van der Waals surface area contributed by atoms with Gasteiger partial charge in [0.15, 0.2) is 0 Å². The van der Waals surface area contributed by atoms with E-state index in [1.807, 2.05) is 60.2 Å². The zero-order valence-electron chi connectivity index (χ0n) is 16.0. The lowest BCUT2D eigenvalue weighted by Crippen LogP contribution is -2.53. The van der Waals surface area contributed by atoms with Gasteiger partial charge in [0.25, 0.3) is 0 Å². The molecule has 2 saturated heterocycles. The quantitative estimate of drug-likeness (QED) is 0.837. The fourth-order valence-corrected chi connectivity index (χ4v) is 4.52. The molecule has 1 atom stereocenters. The van der Waals surface area contributed by atoms with Crippen molar-refractivity contribution in [2.75, 3.05) is 20.1 Å². The summed E-state index contributed by atoms with van der Waals surface area (Å²) in [5.74, 6) is 0.238. The highest BCUT2D eigenvalue weighted by Crippen LogP contribution is 2.44. The number of carbonyl (C=O) groups is 2. The van der Waals surface area contributed by atoms with Crippen molar-refractivity contribution in [3.05, 3.63) is 53.9 Å².